The fraction of sp³-hybridized carbons (Fsp3) is 0.455. The maximum Gasteiger partial charge on any atom is 0.137 e. The van der Waals surface area contributed by atoms with Crippen LogP contribution in [0.1, 0.15) is 5.56 Å². The van der Waals surface area contributed by atoms with Gasteiger partial charge in [-0.2, -0.15) is 0 Å². The third-order valence-electron chi connectivity index (χ3n) is 1.97. The lowest BCUT2D eigenvalue weighted by Gasteiger charge is -2.12. The molecule has 0 radical (unpaired) electrons. The van der Waals surface area contributed by atoms with Gasteiger partial charge in [-0.15, -0.1) is 0 Å². The lowest BCUT2D eigenvalue weighted by molar-refractivity contribution is 0.260. The van der Waals surface area contributed by atoms with E-state index in [9.17, 15) is 0 Å². The summed E-state index contributed by atoms with van der Waals surface area (Å²) in [6.45, 7) is 1.45. The molecule has 0 spiro atoms. The highest BCUT2D eigenvalue weighted by Crippen LogP contribution is 2.25. The molecule has 1 rings (SSSR count). The van der Waals surface area contributed by atoms with Gasteiger partial charge in [0, 0.05) is 6.54 Å². The molecule has 1 aromatic rings. The van der Waals surface area contributed by atoms with Crippen LogP contribution in [0, 0.1) is 0 Å². The third kappa shape index (κ3) is 4.08. The first-order chi connectivity index (χ1) is 7.13. The lowest BCUT2D eigenvalue weighted by atomic mass is 10.2. The smallest absolute Gasteiger partial charge is 0.137 e. The van der Waals surface area contributed by atoms with Crippen molar-refractivity contribution in [3.05, 3.63) is 28.8 Å². The van der Waals surface area contributed by atoms with Crippen molar-refractivity contribution in [2.24, 2.45) is 0 Å². The number of rotatable bonds is 5. The number of aliphatic hydroxyl groups is 1. The average molecular weight is 230 g/mol. The van der Waals surface area contributed by atoms with Crippen molar-refractivity contribution in [2.45, 2.75) is 6.61 Å². The molecule has 0 heterocycles. The van der Waals surface area contributed by atoms with Gasteiger partial charge in [-0.1, -0.05) is 17.7 Å². The van der Waals surface area contributed by atoms with Crippen molar-refractivity contribution < 1.29 is 9.84 Å². The lowest BCUT2D eigenvalue weighted by Crippen LogP contribution is -2.19. The summed E-state index contributed by atoms with van der Waals surface area (Å²) in [6.07, 6.45) is 0. The first kappa shape index (κ1) is 12.3. The molecule has 0 bridgehead atoms. The maximum absolute atomic E-state index is 8.90. The fourth-order valence-corrected chi connectivity index (χ4v) is 1.36. The normalized spacial score (nSPS) is 10.7. The number of ether oxygens (including phenoxy) is 1. The summed E-state index contributed by atoms with van der Waals surface area (Å²) in [4.78, 5) is 2.04. The molecule has 0 fully saturated rings. The SMILES string of the molecule is CN(C)CCOc1ccc(CO)cc1Cl. The molecule has 3 nitrogen and oxygen atoms in total. The molecule has 0 aliphatic carbocycles. The highest BCUT2D eigenvalue weighted by Gasteiger charge is 2.02. The molecule has 4 heteroatoms. The van der Waals surface area contributed by atoms with E-state index < -0.39 is 0 Å². The molecule has 1 aromatic carbocycles. The zero-order valence-corrected chi connectivity index (χ0v) is 9.79. The van der Waals surface area contributed by atoms with Gasteiger partial charge in [0.05, 0.1) is 11.6 Å². The summed E-state index contributed by atoms with van der Waals surface area (Å²) in [5.74, 6) is 0.663. The number of halogens is 1. The van der Waals surface area contributed by atoms with Crippen molar-refractivity contribution in [1.82, 2.24) is 4.90 Å². The Morgan fingerprint density at radius 3 is 2.67 bits per heavy atom. The van der Waals surface area contributed by atoms with Gasteiger partial charge in [0.1, 0.15) is 12.4 Å². The van der Waals surface area contributed by atoms with Crippen LogP contribution in [0.5, 0.6) is 5.75 Å². The second-order valence-electron chi connectivity index (χ2n) is 3.57. The average Bonchev–Trinajstić information content (AvgIpc) is 2.20. The predicted octanol–water partition coefficient (Wildman–Crippen LogP) is 1.77. The van der Waals surface area contributed by atoms with E-state index in [0.29, 0.717) is 17.4 Å². The molecule has 0 aliphatic rings. The largest absolute Gasteiger partial charge is 0.491 e. The minimum atomic E-state index is -0.00228. The van der Waals surface area contributed by atoms with Crippen LogP contribution in [-0.4, -0.2) is 37.3 Å². The van der Waals surface area contributed by atoms with E-state index >= 15 is 0 Å². The van der Waals surface area contributed by atoms with Crippen LogP contribution < -0.4 is 4.74 Å². The number of hydrogen-bond donors (Lipinski definition) is 1. The minimum Gasteiger partial charge on any atom is -0.491 e. The summed E-state index contributed by atoms with van der Waals surface area (Å²) in [6, 6.07) is 5.30. The maximum atomic E-state index is 8.90. The first-order valence-electron chi connectivity index (χ1n) is 4.80. The van der Waals surface area contributed by atoms with Gasteiger partial charge in [-0.05, 0) is 31.8 Å². The van der Waals surface area contributed by atoms with Crippen LogP contribution >= 0.6 is 11.6 Å². The van der Waals surface area contributed by atoms with Crippen molar-refractivity contribution in [1.29, 1.82) is 0 Å². The number of nitrogens with zero attached hydrogens (tertiary/aromatic N) is 1. The summed E-state index contributed by atoms with van der Waals surface area (Å²) in [5.41, 5.74) is 0.792. The molecule has 0 saturated carbocycles. The number of benzene rings is 1. The molecular weight excluding hydrogens is 214 g/mol. The Hall–Kier alpha value is -0.770. The molecule has 0 saturated heterocycles. The molecule has 1 N–H and O–H groups in total. The minimum absolute atomic E-state index is 0.00228. The van der Waals surface area contributed by atoms with Gasteiger partial charge in [0.15, 0.2) is 0 Å². The quantitative estimate of drug-likeness (QED) is 0.836. The molecule has 0 aliphatic heterocycles. The van der Waals surface area contributed by atoms with Crippen LogP contribution in [0.25, 0.3) is 0 Å². The topological polar surface area (TPSA) is 32.7 Å². The standard InChI is InChI=1S/C11H16ClNO2/c1-13(2)5-6-15-11-4-3-9(8-14)7-10(11)12/h3-4,7,14H,5-6,8H2,1-2H3. The Morgan fingerprint density at radius 1 is 1.40 bits per heavy atom. The van der Waals surface area contributed by atoms with Crippen molar-refractivity contribution in [3.63, 3.8) is 0 Å². The highest BCUT2D eigenvalue weighted by atomic mass is 35.5. The van der Waals surface area contributed by atoms with E-state index in [-0.39, 0.29) is 6.61 Å². The highest BCUT2D eigenvalue weighted by molar-refractivity contribution is 6.32. The molecule has 15 heavy (non-hydrogen) atoms. The summed E-state index contributed by atoms with van der Waals surface area (Å²) in [7, 11) is 3.97. The van der Waals surface area contributed by atoms with E-state index in [4.69, 9.17) is 21.4 Å². The second kappa shape index (κ2) is 5.95. The Kier molecular flexibility index (Phi) is 4.88. The number of aliphatic hydroxyl groups excluding tert-OH is 1. The molecule has 0 unspecified atom stereocenters. The monoisotopic (exact) mass is 229 g/mol. The second-order valence-corrected chi connectivity index (χ2v) is 3.98. The van der Waals surface area contributed by atoms with Gasteiger partial charge < -0.3 is 14.7 Å². The first-order valence-corrected chi connectivity index (χ1v) is 5.18. The molecule has 0 atom stereocenters. The van der Waals surface area contributed by atoms with Crippen molar-refractivity contribution >= 4 is 11.6 Å². The summed E-state index contributed by atoms with van der Waals surface area (Å²) >= 11 is 5.97. The van der Waals surface area contributed by atoms with Crippen LogP contribution in [-0.2, 0) is 6.61 Å². The van der Waals surface area contributed by atoms with Gasteiger partial charge in [-0.3, -0.25) is 0 Å². The predicted molar refractivity (Wildman–Crippen MR) is 61.4 cm³/mol. The van der Waals surface area contributed by atoms with Gasteiger partial charge in [0.25, 0.3) is 0 Å². The summed E-state index contributed by atoms with van der Waals surface area (Å²) < 4.78 is 5.49. The molecule has 84 valence electrons. The van der Waals surface area contributed by atoms with Gasteiger partial charge >= 0.3 is 0 Å². The Bertz CT molecular complexity index is 315. The fourth-order valence-electron chi connectivity index (χ4n) is 1.10. The Morgan fingerprint density at radius 2 is 2.13 bits per heavy atom. The summed E-state index contributed by atoms with van der Waals surface area (Å²) in [5, 5.41) is 9.44. The third-order valence-corrected chi connectivity index (χ3v) is 2.27. The van der Waals surface area contributed by atoms with Crippen molar-refractivity contribution in [3.8, 4) is 5.75 Å². The van der Waals surface area contributed by atoms with E-state index in [2.05, 4.69) is 0 Å². The van der Waals surface area contributed by atoms with E-state index in [1.807, 2.05) is 19.0 Å². The van der Waals surface area contributed by atoms with E-state index in [1.165, 1.54) is 0 Å². The zero-order valence-electron chi connectivity index (χ0n) is 9.03. The van der Waals surface area contributed by atoms with Gasteiger partial charge in [0.2, 0.25) is 0 Å². The van der Waals surface area contributed by atoms with Crippen LogP contribution in [0.4, 0.5) is 0 Å². The van der Waals surface area contributed by atoms with Crippen molar-refractivity contribution in [2.75, 3.05) is 27.2 Å². The van der Waals surface area contributed by atoms with Crippen LogP contribution in [0.3, 0.4) is 0 Å². The molecule has 0 aromatic heterocycles. The Labute approximate surface area is 95.2 Å². The van der Waals surface area contributed by atoms with Crippen LogP contribution in [0.15, 0.2) is 18.2 Å². The molecular formula is C11H16ClNO2. The molecule has 0 amide bonds. The van der Waals surface area contributed by atoms with Crippen LogP contribution in [0.2, 0.25) is 5.02 Å². The Balaban J connectivity index is 2.54. The van der Waals surface area contributed by atoms with E-state index in [0.717, 1.165) is 12.1 Å². The number of likely N-dealkylation sites (N-methyl/N-ethyl adjacent to an activating group) is 1. The number of hydrogen-bond acceptors (Lipinski definition) is 3. The van der Waals surface area contributed by atoms with E-state index in [1.54, 1.807) is 18.2 Å². The van der Waals surface area contributed by atoms with Gasteiger partial charge in [-0.25, -0.2) is 0 Å². The zero-order chi connectivity index (χ0) is 11.3.